The lowest BCUT2D eigenvalue weighted by Crippen LogP contribution is -2.09. The van der Waals surface area contributed by atoms with E-state index in [-0.39, 0.29) is 22.8 Å². The number of fused-ring (bicyclic) bond motifs is 1. The summed E-state index contributed by atoms with van der Waals surface area (Å²) in [5.41, 5.74) is 1.17. The normalized spacial score (nSPS) is 24.6. The van der Waals surface area contributed by atoms with Crippen molar-refractivity contribution in [2.24, 2.45) is 0 Å². The van der Waals surface area contributed by atoms with Crippen LogP contribution >= 0.6 is 23.2 Å². The van der Waals surface area contributed by atoms with E-state index in [4.69, 9.17) is 27.9 Å². The quantitative estimate of drug-likeness (QED) is 0.592. The molecule has 90 valence electrons. The molecule has 2 aromatic heterocycles. The van der Waals surface area contributed by atoms with E-state index in [1.54, 1.807) is 6.33 Å². The molecule has 0 spiro atoms. The van der Waals surface area contributed by atoms with Crippen molar-refractivity contribution in [1.29, 1.82) is 0 Å². The topological polar surface area (TPSA) is 52.8 Å². The zero-order valence-electron chi connectivity index (χ0n) is 9.10. The third-order valence-electron chi connectivity index (χ3n) is 2.87. The van der Waals surface area contributed by atoms with Crippen molar-refractivity contribution in [2.75, 3.05) is 0 Å². The van der Waals surface area contributed by atoms with Crippen molar-refractivity contribution in [3.05, 3.63) is 16.8 Å². The summed E-state index contributed by atoms with van der Waals surface area (Å²) in [4.78, 5) is 12.2. The van der Waals surface area contributed by atoms with Gasteiger partial charge >= 0.3 is 0 Å². The molecule has 0 amide bonds. The van der Waals surface area contributed by atoms with Crippen molar-refractivity contribution >= 4 is 34.4 Å². The van der Waals surface area contributed by atoms with Crippen LogP contribution in [0.15, 0.2) is 6.33 Å². The van der Waals surface area contributed by atoms with Crippen LogP contribution in [-0.4, -0.2) is 25.6 Å². The molecule has 1 fully saturated rings. The molecule has 0 bridgehead atoms. The highest BCUT2D eigenvalue weighted by molar-refractivity contribution is 6.35. The summed E-state index contributed by atoms with van der Waals surface area (Å²) in [6, 6.07) is 0. The first-order valence-corrected chi connectivity index (χ1v) is 6.12. The molecule has 0 N–H and O–H groups in total. The highest BCUT2D eigenvalue weighted by Crippen LogP contribution is 2.31. The summed E-state index contributed by atoms with van der Waals surface area (Å²) in [5.74, 6) is 0. The van der Waals surface area contributed by atoms with Crippen LogP contribution < -0.4 is 0 Å². The van der Waals surface area contributed by atoms with Gasteiger partial charge in [-0.3, -0.25) is 4.57 Å². The number of hydrogen-bond donors (Lipinski definition) is 0. The van der Waals surface area contributed by atoms with E-state index in [9.17, 15) is 0 Å². The van der Waals surface area contributed by atoms with Crippen LogP contribution in [0.1, 0.15) is 26.0 Å². The second kappa shape index (κ2) is 4.08. The molecular weight excluding hydrogens is 263 g/mol. The molecule has 0 aromatic carbocycles. The standard InChI is InChI=1S/C10H10Cl2N4O/c1-5-2-3-6(17-5)16-4-13-7-8(11)14-10(12)15-9(7)16/h4-6H,2-3H2,1H3/t5-,6?/m1/s1. The first kappa shape index (κ1) is 11.2. The Morgan fingerprint density at radius 1 is 1.35 bits per heavy atom. The third-order valence-corrected chi connectivity index (χ3v) is 3.30. The number of halogens is 2. The first-order valence-electron chi connectivity index (χ1n) is 5.36. The van der Waals surface area contributed by atoms with E-state index in [1.807, 2.05) is 11.5 Å². The maximum Gasteiger partial charge on any atom is 0.225 e. The van der Waals surface area contributed by atoms with Crippen LogP contribution in [0, 0.1) is 0 Å². The lowest BCUT2D eigenvalue weighted by molar-refractivity contribution is 0.0131. The highest BCUT2D eigenvalue weighted by atomic mass is 35.5. The van der Waals surface area contributed by atoms with Gasteiger partial charge in [-0.15, -0.1) is 0 Å². The van der Waals surface area contributed by atoms with E-state index in [0.717, 1.165) is 12.8 Å². The lowest BCUT2D eigenvalue weighted by Gasteiger charge is -2.12. The second-order valence-corrected chi connectivity index (χ2v) is 4.78. The molecule has 3 rings (SSSR count). The lowest BCUT2D eigenvalue weighted by atomic mass is 10.2. The fourth-order valence-corrected chi connectivity index (χ4v) is 2.48. The SMILES string of the molecule is C[C@@H]1CCC(n2cnc3c(Cl)nc(Cl)nc32)O1. The Bertz CT molecular complexity index is 571. The smallest absolute Gasteiger partial charge is 0.225 e. The molecule has 1 aliphatic rings. The van der Waals surface area contributed by atoms with Crippen LogP contribution in [0.4, 0.5) is 0 Å². The fourth-order valence-electron chi connectivity index (χ4n) is 2.05. The monoisotopic (exact) mass is 272 g/mol. The van der Waals surface area contributed by atoms with Gasteiger partial charge in [0.1, 0.15) is 11.7 Å². The molecule has 2 aromatic rings. The number of hydrogen-bond acceptors (Lipinski definition) is 4. The second-order valence-electron chi connectivity index (χ2n) is 4.09. The molecule has 5 nitrogen and oxygen atoms in total. The van der Waals surface area contributed by atoms with Crippen molar-refractivity contribution in [2.45, 2.75) is 32.1 Å². The average molecular weight is 273 g/mol. The number of aromatic nitrogens is 4. The average Bonchev–Trinajstić information content (AvgIpc) is 2.83. The Balaban J connectivity index is 2.11. The van der Waals surface area contributed by atoms with E-state index >= 15 is 0 Å². The molecule has 1 aliphatic heterocycles. The number of rotatable bonds is 1. The van der Waals surface area contributed by atoms with Crippen molar-refractivity contribution in [3.8, 4) is 0 Å². The van der Waals surface area contributed by atoms with Gasteiger partial charge in [0.25, 0.3) is 0 Å². The summed E-state index contributed by atoms with van der Waals surface area (Å²) in [5, 5.41) is 0.389. The molecule has 0 radical (unpaired) electrons. The maximum atomic E-state index is 5.96. The van der Waals surface area contributed by atoms with Gasteiger partial charge in [-0.2, -0.15) is 4.98 Å². The Hall–Kier alpha value is -0.910. The number of nitrogens with zero attached hydrogens (tertiary/aromatic N) is 4. The summed E-state index contributed by atoms with van der Waals surface area (Å²) in [7, 11) is 0. The molecule has 3 heterocycles. The van der Waals surface area contributed by atoms with Gasteiger partial charge in [0, 0.05) is 0 Å². The summed E-state index contributed by atoms with van der Waals surface area (Å²) >= 11 is 11.8. The van der Waals surface area contributed by atoms with Crippen LogP contribution in [-0.2, 0) is 4.74 Å². The van der Waals surface area contributed by atoms with Gasteiger partial charge in [0.2, 0.25) is 5.28 Å². The minimum absolute atomic E-state index is 0.0444. The molecular formula is C10H10Cl2N4O. The molecule has 17 heavy (non-hydrogen) atoms. The predicted molar refractivity (Wildman–Crippen MR) is 64.2 cm³/mol. The van der Waals surface area contributed by atoms with Gasteiger partial charge in [0.15, 0.2) is 10.8 Å². The van der Waals surface area contributed by atoms with E-state index in [1.165, 1.54) is 0 Å². The molecule has 1 unspecified atom stereocenters. The molecule has 1 saturated heterocycles. The van der Waals surface area contributed by atoms with Gasteiger partial charge in [-0.25, -0.2) is 9.97 Å². The highest BCUT2D eigenvalue weighted by Gasteiger charge is 2.25. The van der Waals surface area contributed by atoms with Crippen LogP contribution in [0.25, 0.3) is 11.2 Å². The summed E-state index contributed by atoms with van der Waals surface area (Å²) in [6.45, 7) is 2.05. The van der Waals surface area contributed by atoms with Crippen LogP contribution in [0.3, 0.4) is 0 Å². The molecule has 0 saturated carbocycles. The third kappa shape index (κ3) is 1.88. The van der Waals surface area contributed by atoms with Crippen LogP contribution in [0.5, 0.6) is 0 Å². The number of ether oxygens (including phenoxy) is 1. The van der Waals surface area contributed by atoms with E-state index in [2.05, 4.69) is 15.0 Å². The van der Waals surface area contributed by atoms with Crippen molar-refractivity contribution < 1.29 is 4.74 Å². The molecule has 0 aliphatic carbocycles. The van der Waals surface area contributed by atoms with Gasteiger partial charge in [0.05, 0.1) is 12.4 Å². The Morgan fingerprint density at radius 2 is 2.18 bits per heavy atom. The summed E-state index contributed by atoms with van der Waals surface area (Å²) < 4.78 is 7.63. The minimum Gasteiger partial charge on any atom is -0.355 e. The predicted octanol–water partition coefficient (Wildman–Crippen LogP) is 2.83. The van der Waals surface area contributed by atoms with Crippen molar-refractivity contribution in [3.63, 3.8) is 0 Å². The Morgan fingerprint density at radius 3 is 2.88 bits per heavy atom. The Kier molecular flexibility index (Phi) is 2.69. The van der Waals surface area contributed by atoms with Crippen LogP contribution in [0.2, 0.25) is 10.4 Å². The van der Waals surface area contributed by atoms with E-state index in [0.29, 0.717) is 11.2 Å². The minimum atomic E-state index is -0.0444. The van der Waals surface area contributed by atoms with Crippen molar-refractivity contribution in [1.82, 2.24) is 19.5 Å². The summed E-state index contributed by atoms with van der Waals surface area (Å²) in [6.07, 6.45) is 3.84. The molecule has 2 atom stereocenters. The van der Waals surface area contributed by atoms with Gasteiger partial charge in [-0.05, 0) is 31.4 Å². The largest absolute Gasteiger partial charge is 0.355 e. The van der Waals surface area contributed by atoms with Gasteiger partial charge in [-0.1, -0.05) is 11.6 Å². The van der Waals surface area contributed by atoms with Gasteiger partial charge < -0.3 is 4.74 Å². The zero-order chi connectivity index (χ0) is 12.0. The van der Waals surface area contributed by atoms with E-state index < -0.39 is 0 Å². The molecule has 7 heteroatoms. The first-order chi connectivity index (χ1) is 8.15. The number of imidazole rings is 1. The Labute approximate surface area is 108 Å². The fraction of sp³-hybridized carbons (Fsp3) is 0.500. The zero-order valence-corrected chi connectivity index (χ0v) is 10.6. The maximum absolute atomic E-state index is 5.96.